The lowest BCUT2D eigenvalue weighted by Gasteiger charge is -2.11. The van der Waals surface area contributed by atoms with Crippen molar-refractivity contribution in [2.45, 2.75) is 0 Å². The van der Waals surface area contributed by atoms with E-state index >= 15 is 0 Å². The molecule has 5 nitrogen and oxygen atoms in total. The molecule has 0 amide bonds. The standard InChI is InChI=1S/C17H16ClN5/c1-23(2)13-9-7-12(8-10-13)11-19-22-17-16(18)20-14-5-3-4-6-15(14)21-17/h3-11H,1-2H3,(H,21,22)/b19-11+. The maximum atomic E-state index is 6.13. The number of fused-ring (bicyclic) bond motifs is 1. The zero-order valence-electron chi connectivity index (χ0n) is 12.9. The first-order valence-electron chi connectivity index (χ1n) is 7.12. The number of benzene rings is 2. The summed E-state index contributed by atoms with van der Waals surface area (Å²) in [5.74, 6) is 0.437. The van der Waals surface area contributed by atoms with Crippen molar-refractivity contribution in [3.63, 3.8) is 0 Å². The molecule has 0 saturated heterocycles. The van der Waals surface area contributed by atoms with Gasteiger partial charge in [-0.1, -0.05) is 35.9 Å². The maximum Gasteiger partial charge on any atom is 0.185 e. The van der Waals surface area contributed by atoms with Crippen molar-refractivity contribution in [3.8, 4) is 0 Å². The van der Waals surface area contributed by atoms with Crippen LogP contribution in [0.25, 0.3) is 11.0 Å². The summed E-state index contributed by atoms with van der Waals surface area (Å²) in [6.07, 6.45) is 1.71. The molecule has 23 heavy (non-hydrogen) atoms. The fourth-order valence-electron chi connectivity index (χ4n) is 2.08. The van der Waals surface area contributed by atoms with Gasteiger partial charge in [0.15, 0.2) is 11.0 Å². The van der Waals surface area contributed by atoms with Crippen molar-refractivity contribution in [1.82, 2.24) is 9.97 Å². The molecule has 3 rings (SSSR count). The number of aromatic nitrogens is 2. The van der Waals surface area contributed by atoms with E-state index < -0.39 is 0 Å². The molecule has 116 valence electrons. The van der Waals surface area contributed by atoms with Gasteiger partial charge in [0.05, 0.1) is 17.2 Å². The zero-order chi connectivity index (χ0) is 16.2. The van der Waals surface area contributed by atoms with Crippen LogP contribution in [0.5, 0.6) is 0 Å². The number of hydrogen-bond acceptors (Lipinski definition) is 5. The van der Waals surface area contributed by atoms with Gasteiger partial charge >= 0.3 is 0 Å². The third-order valence-corrected chi connectivity index (χ3v) is 3.59. The molecule has 0 atom stereocenters. The highest BCUT2D eigenvalue weighted by Crippen LogP contribution is 2.20. The Morgan fingerprint density at radius 2 is 1.65 bits per heavy atom. The quantitative estimate of drug-likeness (QED) is 0.585. The number of rotatable bonds is 4. The van der Waals surface area contributed by atoms with Gasteiger partial charge in [-0.15, -0.1) is 0 Å². The van der Waals surface area contributed by atoms with Gasteiger partial charge in [-0.3, -0.25) is 5.43 Å². The van der Waals surface area contributed by atoms with E-state index in [0.717, 1.165) is 22.3 Å². The number of para-hydroxylation sites is 2. The molecule has 1 heterocycles. The number of halogens is 1. The number of nitrogens with one attached hydrogen (secondary N) is 1. The van der Waals surface area contributed by atoms with E-state index in [4.69, 9.17) is 11.6 Å². The third-order valence-electron chi connectivity index (χ3n) is 3.32. The summed E-state index contributed by atoms with van der Waals surface area (Å²) in [4.78, 5) is 10.8. The molecule has 1 N–H and O–H groups in total. The second-order valence-electron chi connectivity index (χ2n) is 5.21. The minimum absolute atomic E-state index is 0.295. The largest absolute Gasteiger partial charge is 0.378 e. The second kappa shape index (κ2) is 6.62. The molecule has 0 aliphatic rings. The first kappa shape index (κ1) is 15.2. The molecule has 6 heteroatoms. The fourth-order valence-corrected chi connectivity index (χ4v) is 2.25. The van der Waals surface area contributed by atoms with Crippen molar-refractivity contribution < 1.29 is 0 Å². The van der Waals surface area contributed by atoms with Crippen molar-refractivity contribution in [1.29, 1.82) is 0 Å². The van der Waals surface area contributed by atoms with E-state index in [1.54, 1.807) is 6.21 Å². The minimum atomic E-state index is 0.295. The highest BCUT2D eigenvalue weighted by molar-refractivity contribution is 6.32. The van der Waals surface area contributed by atoms with Gasteiger partial charge in [-0.2, -0.15) is 5.10 Å². The molecule has 0 aliphatic carbocycles. The van der Waals surface area contributed by atoms with Crippen LogP contribution in [0.2, 0.25) is 5.15 Å². The Bertz CT molecular complexity index is 843. The molecule has 0 unspecified atom stereocenters. The van der Waals surface area contributed by atoms with Gasteiger partial charge in [0.25, 0.3) is 0 Å². The van der Waals surface area contributed by atoms with Crippen LogP contribution >= 0.6 is 11.6 Å². The van der Waals surface area contributed by atoms with Crippen LogP contribution in [0.15, 0.2) is 53.6 Å². The van der Waals surface area contributed by atoms with Crippen LogP contribution < -0.4 is 10.3 Å². The zero-order valence-corrected chi connectivity index (χ0v) is 13.6. The highest BCUT2D eigenvalue weighted by atomic mass is 35.5. The molecule has 0 aliphatic heterocycles. The lowest BCUT2D eigenvalue weighted by atomic mass is 10.2. The molecule has 0 fully saturated rings. The molecule has 0 saturated carbocycles. The lowest BCUT2D eigenvalue weighted by Crippen LogP contribution is -2.08. The smallest absolute Gasteiger partial charge is 0.185 e. The van der Waals surface area contributed by atoms with E-state index in [1.165, 1.54) is 0 Å². The third kappa shape index (κ3) is 3.57. The van der Waals surface area contributed by atoms with Gasteiger partial charge < -0.3 is 4.90 Å². The monoisotopic (exact) mass is 325 g/mol. The fraction of sp³-hybridized carbons (Fsp3) is 0.118. The normalized spacial score (nSPS) is 11.1. The predicted octanol–water partition coefficient (Wildman–Crippen LogP) is 3.80. The maximum absolute atomic E-state index is 6.13. The summed E-state index contributed by atoms with van der Waals surface area (Å²) in [7, 11) is 4.01. The number of hydrazone groups is 1. The molecular formula is C17H16ClN5. The molecule has 2 aromatic carbocycles. The first-order chi connectivity index (χ1) is 11.1. The predicted molar refractivity (Wildman–Crippen MR) is 96.5 cm³/mol. The van der Waals surface area contributed by atoms with Gasteiger partial charge in [-0.05, 0) is 29.8 Å². The van der Waals surface area contributed by atoms with Gasteiger partial charge in [0.1, 0.15) is 0 Å². The van der Waals surface area contributed by atoms with Crippen LogP contribution in [-0.2, 0) is 0 Å². The van der Waals surface area contributed by atoms with Gasteiger partial charge in [0, 0.05) is 19.8 Å². The van der Waals surface area contributed by atoms with Crippen LogP contribution in [0.1, 0.15) is 5.56 Å². The molecule has 3 aromatic rings. The number of anilines is 2. The summed E-state index contributed by atoms with van der Waals surface area (Å²) in [6.45, 7) is 0. The molecule has 0 spiro atoms. The van der Waals surface area contributed by atoms with Gasteiger partial charge in [0.2, 0.25) is 0 Å². The minimum Gasteiger partial charge on any atom is -0.378 e. The SMILES string of the molecule is CN(C)c1ccc(/C=N/Nc2nc3ccccc3nc2Cl)cc1. The van der Waals surface area contributed by atoms with E-state index in [2.05, 4.69) is 20.5 Å². The summed E-state index contributed by atoms with van der Waals surface area (Å²) in [6, 6.07) is 15.6. The van der Waals surface area contributed by atoms with Crippen LogP contribution in [0.4, 0.5) is 11.5 Å². The van der Waals surface area contributed by atoms with Crippen LogP contribution in [-0.4, -0.2) is 30.3 Å². The summed E-state index contributed by atoms with van der Waals surface area (Å²) >= 11 is 6.13. The Balaban J connectivity index is 1.76. The average molecular weight is 326 g/mol. The van der Waals surface area contributed by atoms with E-state index in [1.807, 2.05) is 67.5 Å². The molecule has 1 aromatic heterocycles. The van der Waals surface area contributed by atoms with Crippen molar-refractivity contribution in [2.75, 3.05) is 24.4 Å². The van der Waals surface area contributed by atoms with Crippen LogP contribution in [0, 0.1) is 0 Å². The Morgan fingerprint density at radius 1 is 1.00 bits per heavy atom. The van der Waals surface area contributed by atoms with Crippen molar-refractivity contribution in [3.05, 3.63) is 59.2 Å². The Kier molecular flexibility index (Phi) is 4.39. The Labute approximate surface area is 139 Å². The number of nitrogens with zero attached hydrogens (tertiary/aromatic N) is 4. The van der Waals surface area contributed by atoms with Crippen LogP contribution in [0.3, 0.4) is 0 Å². The van der Waals surface area contributed by atoms with Gasteiger partial charge in [-0.25, -0.2) is 9.97 Å². The topological polar surface area (TPSA) is 53.4 Å². The second-order valence-corrected chi connectivity index (χ2v) is 5.57. The average Bonchev–Trinajstić information content (AvgIpc) is 2.56. The Morgan fingerprint density at radius 3 is 2.30 bits per heavy atom. The highest BCUT2D eigenvalue weighted by Gasteiger charge is 2.05. The van der Waals surface area contributed by atoms with E-state index in [0.29, 0.717) is 11.0 Å². The summed E-state index contributed by atoms with van der Waals surface area (Å²) in [5, 5.41) is 4.47. The molecular weight excluding hydrogens is 310 g/mol. The summed E-state index contributed by atoms with van der Waals surface area (Å²) in [5.41, 5.74) is 6.49. The lowest BCUT2D eigenvalue weighted by molar-refractivity contribution is 1.13. The summed E-state index contributed by atoms with van der Waals surface area (Å²) < 4.78 is 0. The van der Waals surface area contributed by atoms with E-state index in [9.17, 15) is 0 Å². The van der Waals surface area contributed by atoms with E-state index in [-0.39, 0.29) is 0 Å². The van der Waals surface area contributed by atoms with Crippen molar-refractivity contribution in [2.24, 2.45) is 5.10 Å². The number of hydrogen-bond donors (Lipinski definition) is 1. The molecule has 0 bridgehead atoms. The molecule has 0 radical (unpaired) electrons. The first-order valence-corrected chi connectivity index (χ1v) is 7.50. The van der Waals surface area contributed by atoms with Crippen molar-refractivity contribution >= 4 is 40.4 Å². The Hall–Kier alpha value is -2.66.